The van der Waals surface area contributed by atoms with Gasteiger partial charge in [-0.05, 0) is 142 Å². The molecule has 10 aromatic carbocycles. The maximum atomic E-state index is 2.43. The molecular weight excluding hydrogens is 649 g/mol. The van der Waals surface area contributed by atoms with Crippen molar-refractivity contribution < 1.29 is 0 Å². The lowest BCUT2D eigenvalue weighted by Crippen LogP contribution is -1.92. The van der Waals surface area contributed by atoms with Crippen molar-refractivity contribution in [1.29, 1.82) is 0 Å². The molecule has 10 aromatic rings. The van der Waals surface area contributed by atoms with Crippen LogP contribution >= 0.6 is 0 Å². The van der Waals surface area contributed by atoms with Gasteiger partial charge in [0.15, 0.2) is 0 Å². The maximum Gasteiger partial charge on any atom is -0.00199 e. The molecular formula is C54H36. The number of rotatable bonds is 6. The van der Waals surface area contributed by atoms with Crippen LogP contribution in [0.2, 0.25) is 0 Å². The van der Waals surface area contributed by atoms with E-state index in [0.717, 1.165) is 0 Å². The molecule has 0 aliphatic rings. The summed E-state index contributed by atoms with van der Waals surface area (Å²) in [6.45, 7) is 0. The van der Waals surface area contributed by atoms with E-state index in [2.05, 4.69) is 218 Å². The van der Waals surface area contributed by atoms with E-state index in [1.54, 1.807) is 0 Å². The largest absolute Gasteiger partial charge is 0.0622 e. The molecule has 0 saturated carbocycles. The molecule has 0 nitrogen and oxygen atoms in total. The zero-order valence-electron chi connectivity index (χ0n) is 29.8. The summed E-state index contributed by atoms with van der Waals surface area (Å²) in [6.07, 6.45) is 0. The third-order valence-corrected chi connectivity index (χ3v) is 10.8. The van der Waals surface area contributed by atoms with Crippen LogP contribution < -0.4 is 0 Å². The first kappa shape index (κ1) is 31.7. The standard InChI is InChI=1S/C54H36/c1-4-16-37(17-5-1)40-22-14-23-41(30-40)42-24-15-25-43(31-42)46-35-52(54-51-29-13-12-27-49(51)48-26-10-11-28-50(48)53(54)36-46)47-33-44(38-18-6-2-7-19-38)32-45(34-47)39-20-8-3-9-21-39/h1-36H. The molecule has 0 aliphatic heterocycles. The van der Waals surface area contributed by atoms with Gasteiger partial charge in [-0.3, -0.25) is 0 Å². The molecule has 0 unspecified atom stereocenters. The predicted octanol–water partition coefficient (Wildman–Crippen LogP) is 15.1. The topological polar surface area (TPSA) is 0 Å². The summed E-state index contributed by atoms with van der Waals surface area (Å²) < 4.78 is 0. The van der Waals surface area contributed by atoms with E-state index in [9.17, 15) is 0 Å². The van der Waals surface area contributed by atoms with Crippen LogP contribution in [0.5, 0.6) is 0 Å². The van der Waals surface area contributed by atoms with Gasteiger partial charge in [0.25, 0.3) is 0 Å². The van der Waals surface area contributed by atoms with E-state index >= 15 is 0 Å². The highest BCUT2D eigenvalue weighted by Gasteiger charge is 2.17. The van der Waals surface area contributed by atoms with E-state index in [-0.39, 0.29) is 0 Å². The van der Waals surface area contributed by atoms with E-state index < -0.39 is 0 Å². The van der Waals surface area contributed by atoms with E-state index in [0.29, 0.717) is 0 Å². The molecule has 0 aliphatic carbocycles. The monoisotopic (exact) mass is 684 g/mol. The second-order valence-electron chi connectivity index (χ2n) is 14.1. The second kappa shape index (κ2) is 13.5. The smallest absolute Gasteiger partial charge is 0.00199 e. The van der Waals surface area contributed by atoms with Gasteiger partial charge in [-0.25, -0.2) is 0 Å². The van der Waals surface area contributed by atoms with E-state index in [1.807, 2.05) is 0 Å². The van der Waals surface area contributed by atoms with Crippen molar-refractivity contribution in [3.8, 4) is 66.8 Å². The Kier molecular flexibility index (Phi) is 7.93. The molecule has 0 aromatic heterocycles. The van der Waals surface area contributed by atoms with Gasteiger partial charge in [-0.15, -0.1) is 0 Å². The van der Waals surface area contributed by atoms with Crippen molar-refractivity contribution in [3.05, 3.63) is 218 Å². The van der Waals surface area contributed by atoms with Gasteiger partial charge in [0.1, 0.15) is 0 Å². The fourth-order valence-electron chi connectivity index (χ4n) is 8.19. The van der Waals surface area contributed by atoms with Gasteiger partial charge in [0.05, 0.1) is 0 Å². The van der Waals surface area contributed by atoms with Crippen molar-refractivity contribution in [2.45, 2.75) is 0 Å². The van der Waals surface area contributed by atoms with Crippen LogP contribution in [0.15, 0.2) is 218 Å². The van der Waals surface area contributed by atoms with E-state index in [4.69, 9.17) is 0 Å². The van der Waals surface area contributed by atoms with Crippen molar-refractivity contribution in [3.63, 3.8) is 0 Å². The Morgan fingerprint density at radius 3 is 1.00 bits per heavy atom. The van der Waals surface area contributed by atoms with Gasteiger partial charge < -0.3 is 0 Å². The molecule has 0 amide bonds. The lowest BCUT2D eigenvalue weighted by molar-refractivity contribution is 1.57. The maximum absolute atomic E-state index is 2.43. The zero-order chi connectivity index (χ0) is 35.8. The van der Waals surface area contributed by atoms with Crippen LogP contribution in [0.4, 0.5) is 0 Å². The first-order valence-electron chi connectivity index (χ1n) is 18.7. The summed E-state index contributed by atoms with van der Waals surface area (Å²) in [5.74, 6) is 0. The van der Waals surface area contributed by atoms with Crippen LogP contribution in [-0.4, -0.2) is 0 Å². The molecule has 0 spiro atoms. The summed E-state index contributed by atoms with van der Waals surface area (Å²) >= 11 is 0. The summed E-state index contributed by atoms with van der Waals surface area (Å²) in [5, 5.41) is 7.63. The molecule has 252 valence electrons. The fourth-order valence-corrected chi connectivity index (χ4v) is 8.19. The van der Waals surface area contributed by atoms with E-state index in [1.165, 1.54) is 99.1 Å². The Hall–Kier alpha value is -7.02. The van der Waals surface area contributed by atoms with Gasteiger partial charge in [-0.1, -0.05) is 176 Å². The number of hydrogen-bond donors (Lipinski definition) is 0. The average molecular weight is 685 g/mol. The van der Waals surface area contributed by atoms with Crippen LogP contribution in [0, 0.1) is 0 Å². The van der Waals surface area contributed by atoms with Crippen LogP contribution in [-0.2, 0) is 0 Å². The van der Waals surface area contributed by atoms with Crippen molar-refractivity contribution in [1.82, 2.24) is 0 Å². The summed E-state index contributed by atoms with van der Waals surface area (Å²) in [5.41, 5.74) is 14.5. The molecule has 0 radical (unpaired) electrons. The van der Waals surface area contributed by atoms with Crippen LogP contribution in [0.1, 0.15) is 0 Å². The highest BCUT2D eigenvalue weighted by molar-refractivity contribution is 6.29. The molecule has 0 heteroatoms. The lowest BCUT2D eigenvalue weighted by atomic mass is 9.85. The number of benzene rings is 10. The van der Waals surface area contributed by atoms with Gasteiger partial charge in [0.2, 0.25) is 0 Å². The average Bonchev–Trinajstić information content (AvgIpc) is 3.27. The Morgan fingerprint density at radius 2 is 0.481 bits per heavy atom. The van der Waals surface area contributed by atoms with Crippen molar-refractivity contribution in [2.75, 3.05) is 0 Å². The summed E-state index contributed by atoms with van der Waals surface area (Å²) in [4.78, 5) is 0. The van der Waals surface area contributed by atoms with Gasteiger partial charge >= 0.3 is 0 Å². The first-order valence-corrected chi connectivity index (χ1v) is 18.7. The molecule has 0 atom stereocenters. The number of hydrogen-bond acceptors (Lipinski definition) is 0. The molecule has 0 heterocycles. The number of fused-ring (bicyclic) bond motifs is 6. The van der Waals surface area contributed by atoms with Crippen molar-refractivity contribution >= 4 is 32.3 Å². The Morgan fingerprint density at radius 1 is 0.167 bits per heavy atom. The quantitative estimate of drug-likeness (QED) is 0.153. The summed E-state index contributed by atoms with van der Waals surface area (Å²) in [7, 11) is 0. The van der Waals surface area contributed by atoms with Crippen LogP contribution in [0.25, 0.3) is 99.1 Å². The Balaban J connectivity index is 1.25. The normalized spacial score (nSPS) is 11.3. The zero-order valence-corrected chi connectivity index (χ0v) is 29.8. The third kappa shape index (κ3) is 5.75. The summed E-state index contributed by atoms with van der Waals surface area (Å²) in [6, 6.07) is 79.9. The lowest BCUT2D eigenvalue weighted by Gasteiger charge is -2.18. The minimum atomic E-state index is 1.19. The second-order valence-corrected chi connectivity index (χ2v) is 14.1. The molecule has 0 bridgehead atoms. The predicted molar refractivity (Wildman–Crippen MR) is 232 cm³/mol. The highest BCUT2D eigenvalue weighted by Crippen LogP contribution is 2.45. The SMILES string of the molecule is c1ccc(-c2cccc(-c3cccc(-c4cc(-c5cc(-c6ccccc6)cc(-c6ccccc6)c5)c5c6ccccc6c6ccccc6c5c4)c3)c2)cc1. The van der Waals surface area contributed by atoms with Crippen molar-refractivity contribution in [2.24, 2.45) is 0 Å². The third-order valence-electron chi connectivity index (χ3n) is 10.8. The van der Waals surface area contributed by atoms with Crippen LogP contribution in [0.3, 0.4) is 0 Å². The molecule has 0 N–H and O–H groups in total. The fraction of sp³-hybridized carbons (Fsp3) is 0. The Labute approximate surface area is 316 Å². The molecule has 54 heavy (non-hydrogen) atoms. The Bertz CT molecular complexity index is 2900. The molecule has 0 saturated heterocycles. The first-order chi connectivity index (χ1) is 26.8. The highest BCUT2D eigenvalue weighted by atomic mass is 14.2. The van der Waals surface area contributed by atoms with Gasteiger partial charge in [-0.2, -0.15) is 0 Å². The van der Waals surface area contributed by atoms with Gasteiger partial charge in [0, 0.05) is 0 Å². The minimum Gasteiger partial charge on any atom is -0.0622 e. The molecule has 10 rings (SSSR count). The molecule has 0 fully saturated rings. The minimum absolute atomic E-state index is 1.19.